The third-order valence-electron chi connectivity index (χ3n) is 4.61. The van der Waals surface area contributed by atoms with E-state index in [1.807, 2.05) is 4.90 Å². The summed E-state index contributed by atoms with van der Waals surface area (Å²) in [6.07, 6.45) is 1.47. The van der Waals surface area contributed by atoms with Crippen molar-refractivity contribution in [3.05, 3.63) is 52.1 Å². The standard InChI is InChI=1S/C18H20BrClN4O3S/c1-13(18(25)22-17-6-5-15(20)12-21-17)23-7-9-24(10-8-23)28(26,27)16-4-2-3-14(19)11-16/h2-6,11-13H,7-10H2,1H3,(H,21,22,25)/t13-/m1/s1. The van der Waals surface area contributed by atoms with Gasteiger partial charge in [0.15, 0.2) is 0 Å². The summed E-state index contributed by atoms with van der Waals surface area (Å²) in [6.45, 7) is 3.38. The number of aromatic nitrogens is 1. The highest BCUT2D eigenvalue weighted by molar-refractivity contribution is 9.10. The zero-order valence-corrected chi connectivity index (χ0v) is 18.3. The van der Waals surface area contributed by atoms with E-state index in [4.69, 9.17) is 11.6 Å². The Bertz CT molecular complexity index is 948. The fourth-order valence-electron chi connectivity index (χ4n) is 2.95. The third-order valence-corrected chi connectivity index (χ3v) is 7.22. The van der Waals surface area contributed by atoms with E-state index in [1.165, 1.54) is 10.5 Å². The number of benzene rings is 1. The van der Waals surface area contributed by atoms with Crippen LogP contribution >= 0.6 is 27.5 Å². The predicted octanol–water partition coefficient (Wildman–Crippen LogP) is 2.83. The molecule has 1 N–H and O–H groups in total. The van der Waals surface area contributed by atoms with Crippen LogP contribution in [0.4, 0.5) is 5.82 Å². The molecule has 28 heavy (non-hydrogen) atoms. The van der Waals surface area contributed by atoms with Crippen LogP contribution in [0.1, 0.15) is 6.92 Å². The van der Waals surface area contributed by atoms with Gasteiger partial charge < -0.3 is 5.32 Å². The van der Waals surface area contributed by atoms with Gasteiger partial charge in [-0.3, -0.25) is 9.69 Å². The maximum atomic E-state index is 12.8. The lowest BCUT2D eigenvalue weighted by molar-refractivity contribution is -0.121. The Morgan fingerprint density at radius 3 is 2.54 bits per heavy atom. The molecule has 1 aliphatic heterocycles. The Morgan fingerprint density at radius 2 is 1.93 bits per heavy atom. The van der Waals surface area contributed by atoms with E-state index >= 15 is 0 Å². The van der Waals surface area contributed by atoms with Crippen molar-refractivity contribution in [2.24, 2.45) is 0 Å². The Kier molecular flexibility index (Phi) is 6.72. The van der Waals surface area contributed by atoms with Crippen molar-refractivity contribution in [1.82, 2.24) is 14.2 Å². The number of nitrogens with zero attached hydrogens (tertiary/aromatic N) is 3. The number of carbonyl (C=O) groups is 1. The lowest BCUT2D eigenvalue weighted by Gasteiger charge is -2.36. The van der Waals surface area contributed by atoms with Crippen LogP contribution in [0.5, 0.6) is 0 Å². The van der Waals surface area contributed by atoms with E-state index in [-0.39, 0.29) is 10.8 Å². The monoisotopic (exact) mass is 486 g/mol. The second kappa shape index (κ2) is 8.87. The highest BCUT2D eigenvalue weighted by Gasteiger charge is 2.32. The van der Waals surface area contributed by atoms with E-state index in [0.29, 0.717) is 41.5 Å². The number of amides is 1. The van der Waals surface area contributed by atoms with Gasteiger partial charge in [0.1, 0.15) is 5.82 Å². The van der Waals surface area contributed by atoms with Crippen molar-refractivity contribution in [2.45, 2.75) is 17.9 Å². The second-order valence-corrected chi connectivity index (χ2v) is 9.71. The summed E-state index contributed by atoms with van der Waals surface area (Å²) in [5.41, 5.74) is 0. The fourth-order valence-corrected chi connectivity index (χ4v) is 5.09. The van der Waals surface area contributed by atoms with Crippen LogP contribution in [-0.4, -0.2) is 60.7 Å². The minimum Gasteiger partial charge on any atom is -0.309 e. The zero-order valence-electron chi connectivity index (χ0n) is 15.2. The number of sulfonamides is 1. The summed E-state index contributed by atoms with van der Waals surface area (Å²) in [5.74, 6) is 0.232. The third kappa shape index (κ3) is 4.90. The molecule has 0 radical (unpaired) electrons. The number of piperazine rings is 1. The molecule has 0 unspecified atom stereocenters. The fraction of sp³-hybridized carbons (Fsp3) is 0.333. The molecule has 1 atom stereocenters. The number of hydrogen-bond donors (Lipinski definition) is 1. The van der Waals surface area contributed by atoms with Crippen molar-refractivity contribution < 1.29 is 13.2 Å². The highest BCUT2D eigenvalue weighted by Crippen LogP contribution is 2.22. The normalized spacial score (nSPS) is 17.2. The van der Waals surface area contributed by atoms with Crippen LogP contribution in [0.3, 0.4) is 0 Å². The van der Waals surface area contributed by atoms with E-state index in [1.54, 1.807) is 43.3 Å². The molecule has 1 aliphatic rings. The molecule has 0 aliphatic carbocycles. The Morgan fingerprint density at radius 1 is 1.21 bits per heavy atom. The molecular formula is C18H20BrClN4O3S. The summed E-state index contributed by atoms with van der Waals surface area (Å²) < 4.78 is 27.8. The maximum absolute atomic E-state index is 12.8. The molecule has 7 nitrogen and oxygen atoms in total. The minimum atomic E-state index is -3.55. The van der Waals surface area contributed by atoms with E-state index in [2.05, 4.69) is 26.2 Å². The average molecular weight is 488 g/mol. The van der Waals surface area contributed by atoms with Gasteiger partial charge in [-0.1, -0.05) is 33.6 Å². The molecule has 2 heterocycles. The quantitative estimate of drug-likeness (QED) is 0.701. The van der Waals surface area contributed by atoms with Crippen LogP contribution in [0.15, 0.2) is 52.0 Å². The summed E-state index contributed by atoms with van der Waals surface area (Å²) in [6, 6.07) is 9.54. The SMILES string of the molecule is C[C@H](C(=O)Nc1ccc(Cl)cn1)N1CCN(S(=O)(=O)c2cccc(Br)c2)CC1. The van der Waals surface area contributed by atoms with Crippen molar-refractivity contribution in [2.75, 3.05) is 31.5 Å². The predicted molar refractivity (Wildman–Crippen MR) is 112 cm³/mol. The maximum Gasteiger partial charge on any atom is 0.243 e. The van der Waals surface area contributed by atoms with Gasteiger partial charge in [-0.15, -0.1) is 0 Å². The number of hydrogen-bond acceptors (Lipinski definition) is 5. The number of halogens is 2. The zero-order chi connectivity index (χ0) is 20.3. The molecule has 1 fully saturated rings. The first kappa shape index (κ1) is 21.2. The smallest absolute Gasteiger partial charge is 0.243 e. The molecular weight excluding hydrogens is 468 g/mol. The lowest BCUT2D eigenvalue weighted by atomic mass is 10.2. The summed E-state index contributed by atoms with van der Waals surface area (Å²) in [4.78, 5) is 18.7. The first-order valence-corrected chi connectivity index (χ1v) is 11.3. The second-order valence-electron chi connectivity index (χ2n) is 6.42. The summed E-state index contributed by atoms with van der Waals surface area (Å²) >= 11 is 9.10. The van der Waals surface area contributed by atoms with Crippen molar-refractivity contribution in [3.63, 3.8) is 0 Å². The summed E-state index contributed by atoms with van der Waals surface area (Å²) in [7, 11) is -3.55. The molecule has 1 aromatic heterocycles. The summed E-state index contributed by atoms with van der Waals surface area (Å²) in [5, 5.41) is 3.25. The molecule has 0 bridgehead atoms. The molecule has 1 amide bonds. The molecule has 0 saturated carbocycles. The van der Waals surface area contributed by atoms with Crippen molar-refractivity contribution >= 4 is 49.3 Å². The number of pyridine rings is 1. The van der Waals surface area contributed by atoms with Crippen LogP contribution in [0.25, 0.3) is 0 Å². The van der Waals surface area contributed by atoms with Gasteiger partial charge in [0.25, 0.3) is 0 Å². The van der Waals surface area contributed by atoms with E-state index in [9.17, 15) is 13.2 Å². The van der Waals surface area contributed by atoms with Gasteiger partial charge in [-0.25, -0.2) is 13.4 Å². The lowest BCUT2D eigenvalue weighted by Crippen LogP contribution is -2.53. The van der Waals surface area contributed by atoms with Crippen LogP contribution in [-0.2, 0) is 14.8 Å². The number of nitrogens with one attached hydrogen (secondary N) is 1. The average Bonchev–Trinajstić information content (AvgIpc) is 2.69. The number of anilines is 1. The topological polar surface area (TPSA) is 82.6 Å². The molecule has 3 rings (SSSR count). The minimum absolute atomic E-state index is 0.196. The molecule has 0 spiro atoms. The van der Waals surface area contributed by atoms with Gasteiger partial charge in [-0.05, 0) is 37.3 Å². The van der Waals surface area contributed by atoms with E-state index in [0.717, 1.165) is 0 Å². The Hall–Kier alpha value is -1.52. The van der Waals surface area contributed by atoms with Crippen LogP contribution in [0.2, 0.25) is 5.02 Å². The van der Waals surface area contributed by atoms with E-state index < -0.39 is 16.1 Å². The van der Waals surface area contributed by atoms with Crippen LogP contribution in [0, 0.1) is 0 Å². The largest absolute Gasteiger partial charge is 0.309 e. The molecule has 2 aromatic rings. The van der Waals surface area contributed by atoms with Gasteiger partial charge in [0.05, 0.1) is 16.0 Å². The first-order chi connectivity index (χ1) is 13.3. The number of rotatable bonds is 5. The van der Waals surface area contributed by atoms with Crippen LogP contribution < -0.4 is 5.32 Å². The van der Waals surface area contributed by atoms with Gasteiger partial charge in [-0.2, -0.15) is 4.31 Å². The Balaban J connectivity index is 1.59. The molecule has 1 saturated heterocycles. The van der Waals surface area contributed by atoms with Gasteiger partial charge in [0.2, 0.25) is 15.9 Å². The van der Waals surface area contributed by atoms with Crippen molar-refractivity contribution in [3.8, 4) is 0 Å². The van der Waals surface area contributed by atoms with Crippen molar-refractivity contribution in [1.29, 1.82) is 0 Å². The first-order valence-electron chi connectivity index (χ1n) is 8.69. The molecule has 150 valence electrons. The molecule has 1 aromatic carbocycles. The molecule has 10 heteroatoms. The Labute approximate surface area is 177 Å². The highest BCUT2D eigenvalue weighted by atomic mass is 79.9. The van der Waals surface area contributed by atoms with Gasteiger partial charge in [0, 0.05) is 36.8 Å². The van der Waals surface area contributed by atoms with Gasteiger partial charge >= 0.3 is 0 Å². The number of carbonyl (C=O) groups excluding carboxylic acids is 1.